The van der Waals surface area contributed by atoms with E-state index in [9.17, 15) is 4.79 Å². The molecule has 0 aliphatic carbocycles. The Morgan fingerprint density at radius 1 is 1.38 bits per heavy atom. The van der Waals surface area contributed by atoms with Gasteiger partial charge >= 0.3 is 5.97 Å². The van der Waals surface area contributed by atoms with Crippen molar-refractivity contribution >= 4 is 18.4 Å². The van der Waals surface area contributed by atoms with Crippen LogP contribution in [-0.4, -0.2) is 18.1 Å². The van der Waals surface area contributed by atoms with Crippen LogP contribution in [0.3, 0.4) is 0 Å². The highest BCUT2D eigenvalue weighted by Gasteiger charge is 2.23. The highest BCUT2D eigenvalue weighted by atomic mass is 35.5. The Kier molecular flexibility index (Phi) is 8.37. The minimum atomic E-state index is -0.855. The third-order valence-corrected chi connectivity index (χ3v) is 1.51. The van der Waals surface area contributed by atoms with Crippen LogP contribution in [0.5, 0.6) is 0 Å². The summed E-state index contributed by atoms with van der Waals surface area (Å²) in [6.45, 7) is 5.90. The van der Waals surface area contributed by atoms with Crippen LogP contribution in [0.1, 0.15) is 40.0 Å². The molecule has 13 heavy (non-hydrogen) atoms. The lowest BCUT2D eigenvalue weighted by atomic mass is 10.1. The van der Waals surface area contributed by atoms with Gasteiger partial charge in [-0.05, 0) is 20.3 Å². The Bertz CT molecular complexity index is 143. The zero-order valence-corrected chi connectivity index (χ0v) is 9.45. The average molecular weight is 210 g/mol. The largest absolute Gasteiger partial charge is 0.464 e. The number of carbonyl (C=O) groups excluding carboxylic acids is 1. The first-order chi connectivity index (χ1) is 5.48. The van der Waals surface area contributed by atoms with Crippen molar-refractivity contribution in [3.8, 4) is 0 Å². The van der Waals surface area contributed by atoms with E-state index in [1.165, 1.54) is 0 Å². The van der Waals surface area contributed by atoms with E-state index in [1.807, 2.05) is 0 Å². The van der Waals surface area contributed by atoms with Crippen LogP contribution in [0.4, 0.5) is 0 Å². The Balaban J connectivity index is 0. The van der Waals surface area contributed by atoms with Gasteiger partial charge in [0, 0.05) is 0 Å². The summed E-state index contributed by atoms with van der Waals surface area (Å²) in [5.41, 5.74) is 4.66. The van der Waals surface area contributed by atoms with Crippen LogP contribution >= 0.6 is 12.4 Å². The predicted molar refractivity (Wildman–Crippen MR) is 56.0 cm³/mol. The number of esters is 1. The second-order valence-electron chi connectivity index (χ2n) is 3.56. The molecule has 0 aromatic heterocycles. The maximum absolute atomic E-state index is 11.1. The van der Waals surface area contributed by atoms with E-state index in [-0.39, 0.29) is 18.4 Å². The molecule has 0 saturated carbocycles. The topological polar surface area (TPSA) is 52.3 Å². The summed E-state index contributed by atoms with van der Waals surface area (Å²) in [6.07, 6.45) is 3.15. The van der Waals surface area contributed by atoms with E-state index in [4.69, 9.17) is 10.5 Å². The first-order valence-corrected chi connectivity index (χ1v) is 4.44. The zero-order valence-electron chi connectivity index (χ0n) is 8.63. The highest BCUT2D eigenvalue weighted by molar-refractivity contribution is 5.85. The molecule has 0 aliphatic rings. The quantitative estimate of drug-likeness (QED) is 0.556. The lowest BCUT2D eigenvalue weighted by Gasteiger charge is -2.16. The average Bonchev–Trinajstić information content (AvgIpc) is 1.96. The number of unbranched alkanes of at least 4 members (excludes halogenated alkanes) is 2. The molecule has 4 heteroatoms. The van der Waals surface area contributed by atoms with Gasteiger partial charge in [-0.2, -0.15) is 0 Å². The molecule has 3 nitrogen and oxygen atoms in total. The molecular weight excluding hydrogens is 190 g/mol. The molecule has 0 saturated heterocycles. The van der Waals surface area contributed by atoms with Crippen molar-refractivity contribution in [3.05, 3.63) is 0 Å². The molecule has 80 valence electrons. The molecule has 0 spiro atoms. The summed E-state index contributed by atoms with van der Waals surface area (Å²) in [6, 6.07) is 0. The van der Waals surface area contributed by atoms with E-state index in [1.54, 1.807) is 13.8 Å². The monoisotopic (exact) mass is 209 g/mol. The van der Waals surface area contributed by atoms with E-state index in [0.29, 0.717) is 6.61 Å². The zero-order chi connectivity index (χ0) is 9.61. The van der Waals surface area contributed by atoms with Crippen molar-refractivity contribution in [2.45, 2.75) is 45.6 Å². The number of nitrogens with two attached hydrogens (primary N) is 1. The number of carbonyl (C=O) groups is 1. The Morgan fingerprint density at radius 3 is 2.31 bits per heavy atom. The standard InChI is InChI=1S/C9H19NO2.ClH/c1-4-5-6-7-12-8(11)9(2,3)10;/h4-7,10H2,1-3H3;1H. The smallest absolute Gasteiger partial charge is 0.325 e. The molecule has 0 atom stereocenters. The first kappa shape index (κ1) is 15.2. The van der Waals surface area contributed by atoms with E-state index in [2.05, 4.69) is 6.92 Å². The van der Waals surface area contributed by atoms with Gasteiger partial charge in [0.05, 0.1) is 6.61 Å². The van der Waals surface area contributed by atoms with Crippen LogP contribution in [0, 0.1) is 0 Å². The predicted octanol–water partition coefficient (Wildman–Crippen LogP) is 1.88. The van der Waals surface area contributed by atoms with Crippen molar-refractivity contribution < 1.29 is 9.53 Å². The van der Waals surface area contributed by atoms with Crippen LogP contribution in [0.2, 0.25) is 0 Å². The van der Waals surface area contributed by atoms with Crippen LogP contribution in [0.25, 0.3) is 0 Å². The fraction of sp³-hybridized carbons (Fsp3) is 0.889. The Hall–Kier alpha value is -0.280. The molecule has 0 unspecified atom stereocenters. The number of hydrogen-bond acceptors (Lipinski definition) is 3. The lowest BCUT2D eigenvalue weighted by molar-refractivity contribution is -0.148. The molecule has 0 aromatic carbocycles. The van der Waals surface area contributed by atoms with E-state index < -0.39 is 5.54 Å². The number of hydrogen-bond donors (Lipinski definition) is 1. The van der Waals surface area contributed by atoms with Gasteiger partial charge in [-0.1, -0.05) is 19.8 Å². The summed E-state index contributed by atoms with van der Waals surface area (Å²) in [4.78, 5) is 11.1. The summed E-state index contributed by atoms with van der Waals surface area (Å²) in [5, 5.41) is 0. The number of rotatable bonds is 5. The highest BCUT2D eigenvalue weighted by Crippen LogP contribution is 2.01. The second kappa shape index (κ2) is 7.15. The SMILES string of the molecule is CCCCCOC(=O)C(C)(C)N.Cl. The molecule has 0 rings (SSSR count). The minimum Gasteiger partial charge on any atom is -0.464 e. The molecule has 0 bridgehead atoms. The summed E-state index contributed by atoms with van der Waals surface area (Å²) >= 11 is 0. The maximum atomic E-state index is 11.1. The minimum absolute atomic E-state index is 0. The van der Waals surface area contributed by atoms with Crippen molar-refractivity contribution in [2.24, 2.45) is 5.73 Å². The van der Waals surface area contributed by atoms with Crippen LogP contribution in [-0.2, 0) is 9.53 Å². The van der Waals surface area contributed by atoms with Gasteiger partial charge < -0.3 is 10.5 Å². The summed E-state index contributed by atoms with van der Waals surface area (Å²) in [5.74, 6) is -0.321. The molecule has 0 amide bonds. The number of ether oxygens (including phenoxy) is 1. The van der Waals surface area contributed by atoms with E-state index in [0.717, 1.165) is 19.3 Å². The molecule has 0 fully saturated rings. The van der Waals surface area contributed by atoms with Crippen molar-refractivity contribution in [1.82, 2.24) is 0 Å². The molecule has 2 N–H and O–H groups in total. The van der Waals surface area contributed by atoms with Gasteiger partial charge in [0.1, 0.15) is 5.54 Å². The van der Waals surface area contributed by atoms with Crippen LogP contribution in [0.15, 0.2) is 0 Å². The van der Waals surface area contributed by atoms with Gasteiger partial charge in [-0.3, -0.25) is 4.79 Å². The normalized spacial score (nSPS) is 10.5. The molecule has 0 heterocycles. The first-order valence-electron chi connectivity index (χ1n) is 4.44. The fourth-order valence-corrected chi connectivity index (χ4v) is 0.703. The fourth-order valence-electron chi connectivity index (χ4n) is 0.703. The second-order valence-corrected chi connectivity index (χ2v) is 3.56. The lowest BCUT2D eigenvalue weighted by Crippen LogP contribution is -2.42. The third-order valence-electron chi connectivity index (χ3n) is 1.51. The van der Waals surface area contributed by atoms with Crippen molar-refractivity contribution in [3.63, 3.8) is 0 Å². The van der Waals surface area contributed by atoms with Gasteiger partial charge in [0.25, 0.3) is 0 Å². The van der Waals surface area contributed by atoms with Crippen molar-refractivity contribution in [1.29, 1.82) is 0 Å². The Labute approximate surface area is 86.4 Å². The summed E-state index contributed by atoms with van der Waals surface area (Å²) < 4.78 is 4.94. The van der Waals surface area contributed by atoms with Crippen molar-refractivity contribution in [2.75, 3.05) is 6.61 Å². The molecular formula is C9H20ClNO2. The van der Waals surface area contributed by atoms with Crippen LogP contribution < -0.4 is 5.73 Å². The Morgan fingerprint density at radius 2 is 1.92 bits per heavy atom. The van der Waals surface area contributed by atoms with Gasteiger partial charge in [0.2, 0.25) is 0 Å². The van der Waals surface area contributed by atoms with Gasteiger partial charge in [-0.15, -0.1) is 12.4 Å². The third kappa shape index (κ3) is 8.06. The summed E-state index contributed by atoms with van der Waals surface area (Å²) in [7, 11) is 0. The molecule has 0 aromatic rings. The molecule has 0 radical (unpaired) electrons. The molecule has 0 aliphatic heterocycles. The van der Waals surface area contributed by atoms with E-state index >= 15 is 0 Å². The van der Waals surface area contributed by atoms with Gasteiger partial charge in [-0.25, -0.2) is 0 Å². The number of halogens is 1. The maximum Gasteiger partial charge on any atom is 0.325 e. The van der Waals surface area contributed by atoms with Gasteiger partial charge in [0.15, 0.2) is 0 Å².